The van der Waals surface area contributed by atoms with E-state index in [1.807, 2.05) is 0 Å². The number of pyridine rings is 1. The molecule has 0 fully saturated rings. The van der Waals surface area contributed by atoms with Crippen LogP contribution in [0.4, 0.5) is 18.0 Å². The van der Waals surface area contributed by atoms with Crippen LogP contribution >= 0.6 is 34.8 Å². The molecule has 0 aliphatic rings. The summed E-state index contributed by atoms with van der Waals surface area (Å²) in [7, 11) is 0. The summed E-state index contributed by atoms with van der Waals surface area (Å²) in [5, 5.41) is 18.6. The van der Waals surface area contributed by atoms with Crippen LogP contribution in [0, 0.1) is 0 Å². The average Bonchev–Trinajstić information content (AvgIpc) is 3.40. The van der Waals surface area contributed by atoms with E-state index < -0.39 is 43.3 Å². The highest BCUT2D eigenvalue weighted by Gasteiger charge is 2.39. The van der Waals surface area contributed by atoms with Crippen molar-refractivity contribution in [1.82, 2.24) is 34.1 Å². The molecule has 0 saturated heterocycles. The number of halogens is 6. The largest absolute Gasteiger partial charge is 0.438 e. The lowest BCUT2D eigenvalue weighted by molar-refractivity contribution is -0.207. The van der Waals surface area contributed by atoms with Crippen LogP contribution in [0.2, 0.25) is 15.1 Å². The van der Waals surface area contributed by atoms with Crippen LogP contribution in [-0.4, -0.2) is 57.6 Å². The fourth-order valence-corrected chi connectivity index (χ4v) is 4.28. The summed E-state index contributed by atoms with van der Waals surface area (Å²) < 4.78 is 47.1. The van der Waals surface area contributed by atoms with Crippen molar-refractivity contribution in [1.29, 1.82) is 0 Å². The van der Waals surface area contributed by atoms with E-state index in [-0.39, 0.29) is 38.8 Å². The highest BCUT2D eigenvalue weighted by Crippen LogP contribution is 2.30. The van der Waals surface area contributed by atoms with E-state index in [0.29, 0.717) is 9.59 Å². The number of nitrogens with two attached hydrogens (primary N) is 1. The monoisotopic (exact) mass is 620 g/mol. The van der Waals surface area contributed by atoms with Crippen molar-refractivity contribution in [2.75, 3.05) is 0 Å². The Labute approximate surface area is 237 Å². The molecule has 0 radical (unpaired) electrons. The first kappa shape index (κ1) is 29.3. The Morgan fingerprint density at radius 2 is 1.75 bits per heavy atom. The highest BCUT2D eigenvalue weighted by atomic mass is 35.5. The molecule has 3 aromatic heterocycles. The molecule has 0 aliphatic carbocycles. The molecule has 2 atom stereocenters. The van der Waals surface area contributed by atoms with E-state index in [0.717, 1.165) is 9.36 Å². The quantitative estimate of drug-likeness (QED) is 0.301. The van der Waals surface area contributed by atoms with Gasteiger partial charge in [0.2, 0.25) is 0 Å². The molecular formula is C22H18Cl3F3N8O4. The van der Waals surface area contributed by atoms with Crippen LogP contribution < -0.4 is 11.4 Å². The number of benzene rings is 1. The molecule has 0 saturated carbocycles. The lowest BCUT2D eigenvalue weighted by Gasteiger charge is -2.15. The summed E-state index contributed by atoms with van der Waals surface area (Å²) in [6.45, 7) is -0.132. The average molecular weight is 622 g/mol. The Bertz CT molecular complexity index is 1580. The number of aliphatic hydroxyl groups is 1. The van der Waals surface area contributed by atoms with Crippen molar-refractivity contribution in [2.45, 2.75) is 38.4 Å². The van der Waals surface area contributed by atoms with Gasteiger partial charge in [-0.2, -0.15) is 13.2 Å². The molecule has 0 spiro atoms. The van der Waals surface area contributed by atoms with Gasteiger partial charge in [0.1, 0.15) is 12.2 Å². The number of primary amides is 1. The fraction of sp³-hybridized carbons (Fsp3) is 0.273. The molecular weight excluding hydrogens is 604 g/mol. The summed E-state index contributed by atoms with van der Waals surface area (Å²) in [4.78, 5) is 32.8. The van der Waals surface area contributed by atoms with Crippen LogP contribution in [0.5, 0.6) is 0 Å². The summed E-state index contributed by atoms with van der Waals surface area (Å²) in [5.74, 6) is -0.249. The van der Waals surface area contributed by atoms with Gasteiger partial charge in [-0.25, -0.2) is 23.9 Å². The van der Waals surface area contributed by atoms with Crippen LogP contribution in [0.25, 0.3) is 17.1 Å². The molecule has 3 heterocycles. The van der Waals surface area contributed by atoms with Gasteiger partial charge in [-0.05, 0) is 31.2 Å². The normalized spacial score (nSPS) is 13.3. The minimum absolute atomic E-state index is 0.00157. The van der Waals surface area contributed by atoms with Crippen LogP contribution in [-0.2, 0) is 17.8 Å². The Morgan fingerprint density at radius 3 is 2.33 bits per heavy atom. The van der Waals surface area contributed by atoms with E-state index in [1.165, 1.54) is 43.6 Å². The second-order valence-electron chi connectivity index (χ2n) is 8.27. The lowest BCUT2D eigenvalue weighted by atomic mass is 10.2. The van der Waals surface area contributed by atoms with E-state index >= 15 is 0 Å². The van der Waals surface area contributed by atoms with Crippen molar-refractivity contribution in [2.24, 2.45) is 5.73 Å². The Hall–Kier alpha value is -3.66. The summed E-state index contributed by atoms with van der Waals surface area (Å²) in [6.07, 6.45) is -7.45. The minimum atomic E-state index is -4.99. The highest BCUT2D eigenvalue weighted by molar-refractivity contribution is 6.37. The van der Waals surface area contributed by atoms with Gasteiger partial charge in [0.15, 0.2) is 29.7 Å². The Kier molecular flexibility index (Phi) is 8.39. The first-order valence-corrected chi connectivity index (χ1v) is 12.3. The first-order valence-electron chi connectivity index (χ1n) is 11.2. The summed E-state index contributed by atoms with van der Waals surface area (Å²) in [6, 6.07) is 5.82. The van der Waals surface area contributed by atoms with Gasteiger partial charge in [-0.1, -0.05) is 34.8 Å². The van der Waals surface area contributed by atoms with E-state index in [9.17, 15) is 27.9 Å². The smallest absolute Gasteiger partial charge is 0.416 e. The molecule has 0 unspecified atom stereocenters. The predicted molar refractivity (Wildman–Crippen MR) is 136 cm³/mol. The zero-order chi connectivity index (χ0) is 29.4. The predicted octanol–water partition coefficient (Wildman–Crippen LogP) is 3.78. The third-order valence-corrected chi connectivity index (χ3v) is 6.23. The van der Waals surface area contributed by atoms with E-state index in [2.05, 4.69) is 20.2 Å². The third kappa shape index (κ3) is 6.22. The molecule has 12 nitrogen and oxygen atoms in total. The van der Waals surface area contributed by atoms with Crippen molar-refractivity contribution in [3.8, 4) is 17.1 Å². The molecule has 4 aromatic rings. The van der Waals surface area contributed by atoms with Crippen LogP contribution in [0.15, 0.2) is 41.5 Å². The number of alkyl halides is 3. The van der Waals surface area contributed by atoms with Gasteiger partial charge in [-0.15, -0.1) is 10.2 Å². The minimum Gasteiger partial charge on any atom is -0.438 e. The number of amides is 1. The molecule has 212 valence electrons. The van der Waals surface area contributed by atoms with Gasteiger partial charge in [0.05, 0.1) is 16.6 Å². The maximum absolute atomic E-state index is 13.2. The van der Waals surface area contributed by atoms with E-state index in [4.69, 9.17) is 45.3 Å². The maximum Gasteiger partial charge on any atom is 0.416 e. The first-order chi connectivity index (χ1) is 18.8. The zero-order valence-corrected chi connectivity index (χ0v) is 22.4. The number of hydrogen-bond donors (Lipinski definition) is 2. The number of aliphatic hydroxyl groups excluding tert-OH is 1. The molecule has 4 rings (SSSR count). The van der Waals surface area contributed by atoms with Gasteiger partial charge >= 0.3 is 18.0 Å². The van der Waals surface area contributed by atoms with Gasteiger partial charge in [0, 0.05) is 23.0 Å². The summed E-state index contributed by atoms with van der Waals surface area (Å²) >= 11 is 18.4. The maximum atomic E-state index is 13.2. The standard InChI is InChI=1S/C22H18Cl3F3N8O4/c1-10(40-20(29)38)18-31-16(32-36(18)17-13(24)6-30-7-14(17)25)9-35-21(39)34(8-15(37)22(26,27)28)19(33-35)11-2-4-12(23)5-3-11/h2-7,10,15,37H,8-9H2,1H3,(H2,29,38)/t10-,15+/m1/s1. The number of ether oxygens (including phenoxy) is 1. The molecule has 1 aromatic carbocycles. The zero-order valence-electron chi connectivity index (χ0n) is 20.2. The number of aromatic nitrogens is 7. The number of carbonyl (C=O) groups excluding carboxylic acids is 1. The second kappa shape index (κ2) is 11.4. The van der Waals surface area contributed by atoms with Crippen molar-refractivity contribution in [3.63, 3.8) is 0 Å². The number of rotatable bonds is 8. The second-order valence-corrected chi connectivity index (χ2v) is 9.52. The molecule has 1 amide bonds. The van der Waals surface area contributed by atoms with Gasteiger partial charge < -0.3 is 15.6 Å². The van der Waals surface area contributed by atoms with Gasteiger partial charge in [0.25, 0.3) is 0 Å². The molecule has 0 bridgehead atoms. The van der Waals surface area contributed by atoms with Crippen molar-refractivity contribution in [3.05, 3.63) is 73.9 Å². The van der Waals surface area contributed by atoms with Crippen molar-refractivity contribution < 1.29 is 27.8 Å². The Balaban J connectivity index is 1.82. The Morgan fingerprint density at radius 1 is 1.12 bits per heavy atom. The van der Waals surface area contributed by atoms with Crippen LogP contribution in [0.3, 0.4) is 0 Å². The molecule has 3 N–H and O–H groups in total. The molecule has 0 aliphatic heterocycles. The van der Waals surface area contributed by atoms with Crippen LogP contribution in [0.1, 0.15) is 24.7 Å². The van der Waals surface area contributed by atoms with Crippen molar-refractivity contribution >= 4 is 40.9 Å². The number of hydrogen-bond acceptors (Lipinski definition) is 8. The van der Waals surface area contributed by atoms with Gasteiger partial charge in [-0.3, -0.25) is 9.55 Å². The number of carbonyl (C=O) groups is 1. The van der Waals surface area contributed by atoms with E-state index in [1.54, 1.807) is 0 Å². The molecule has 40 heavy (non-hydrogen) atoms. The molecule has 18 heteroatoms. The number of nitrogens with zero attached hydrogens (tertiary/aromatic N) is 7. The summed E-state index contributed by atoms with van der Waals surface area (Å²) in [5.41, 5.74) is 4.53. The topological polar surface area (TPSA) is 156 Å². The fourth-order valence-electron chi connectivity index (χ4n) is 3.63. The third-order valence-electron chi connectivity index (χ3n) is 5.42. The SMILES string of the molecule is C[C@@H](OC(N)=O)c1nc(Cn2nc(-c3ccc(Cl)cc3)n(C[C@H](O)C(F)(F)F)c2=O)nn1-c1c(Cl)cncc1Cl. The lowest BCUT2D eigenvalue weighted by Crippen LogP contribution is -2.37.